The number of sulfonamides is 1. The molecule has 0 saturated carbocycles. The fourth-order valence-corrected chi connectivity index (χ4v) is 3.60. The number of carbonyl (C=O) groups is 1. The topological polar surface area (TPSA) is 75.7 Å². The highest BCUT2D eigenvalue weighted by Crippen LogP contribution is 2.31. The molecule has 0 aliphatic carbocycles. The summed E-state index contributed by atoms with van der Waals surface area (Å²) in [4.78, 5) is 13.4. The van der Waals surface area contributed by atoms with Gasteiger partial charge >= 0.3 is 0 Å². The molecular weight excluding hydrogens is 316 g/mol. The summed E-state index contributed by atoms with van der Waals surface area (Å²) in [7, 11) is -0.537. The van der Waals surface area contributed by atoms with Crippen LogP contribution in [0.15, 0.2) is 47.4 Å². The predicted molar refractivity (Wildman–Crippen MR) is 87.4 cm³/mol. The van der Waals surface area contributed by atoms with Crippen molar-refractivity contribution in [2.45, 2.75) is 11.3 Å². The van der Waals surface area contributed by atoms with Gasteiger partial charge in [0.2, 0.25) is 5.91 Å². The first-order valence-corrected chi connectivity index (χ1v) is 8.45. The van der Waals surface area contributed by atoms with Crippen LogP contribution in [0.2, 0.25) is 0 Å². The summed E-state index contributed by atoms with van der Waals surface area (Å²) in [5.41, 5.74) is 2.04. The average Bonchev–Trinajstić information content (AvgIpc) is 2.81. The van der Waals surface area contributed by atoms with Crippen molar-refractivity contribution in [2.24, 2.45) is 0 Å². The summed E-state index contributed by atoms with van der Waals surface area (Å²) in [5, 5.41) is 0. The van der Waals surface area contributed by atoms with Gasteiger partial charge in [0.1, 0.15) is 5.75 Å². The van der Waals surface area contributed by atoms with E-state index in [0.717, 1.165) is 11.3 Å². The van der Waals surface area contributed by atoms with Gasteiger partial charge < -0.3 is 9.64 Å². The molecule has 7 heteroatoms. The number of benzene rings is 2. The second-order valence-corrected chi connectivity index (χ2v) is 6.94. The molecule has 1 heterocycles. The zero-order valence-electron chi connectivity index (χ0n) is 12.7. The van der Waals surface area contributed by atoms with Crippen LogP contribution in [0.1, 0.15) is 5.56 Å². The summed E-state index contributed by atoms with van der Waals surface area (Å²) in [6.07, 6.45) is 0.278. The van der Waals surface area contributed by atoms with Gasteiger partial charge in [0.05, 0.1) is 18.4 Å². The fourth-order valence-electron chi connectivity index (χ4n) is 2.52. The molecule has 2 aromatic rings. The van der Waals surface area contributed by atoms with Gasteiger partial charge in [-0.1, -0.05) is 6.07 Å². The van der Waals surface area contributed by atoms with Crippen molar-refractivity contribution >= 4 is 27.3 Å². The quantitative estimate of drug-likeness (QED) is 0.929. The summed E-state index contributed by atoms with van der Waals surface area (Å²) < 4.78 is 32.5. The maximum absolute atomic E-state index is 12.5. The number of anilines is 2. The molecule has 0 radical (unpaired) electrons. The van der Waals surface area contributed by atoms with Crippen LogP contribution < -0.4 is 14.4 Å². The number of ether oxygens (including phenoxy) is 1. The molecule has 0 aromatic heterocycles. The third-order valence-corrected chi connectivity index (χ3v) is 5.14. The molecule has 6 nitrogen and oxygen atoms in total. The number of likely N-dealkylation sites (N-methyl/N-ethyl adjacent to an activating group) is 1. The van der Waals surface area contributed by atoms with E-state index >= 15 is 0 Å². The summed E-state index contributed by atoms with van der Waals surface area (Å²) in [5.74, 6) is 0.460. The standard InChI is InChI=1S/C16H16N2O4S/c1-18-15-7-6-12(8-11(15)9-16(18)19)17-23(20,21)14-5-3-4-13(10-14)22-2/h3-8,10,17H,9H2,1-2H3. The van der Waals surface area contributed by atoms with E-state index in [4.69, 9.17) is 4.74 Å². The minimum atomic E-state index is -3.72. The Kier molecular flexibility index (Phi) is 3.73. The Hall–Kier alpha value is -2.54. The molecule has 0 bridgehead atoms. The predicted octanol–water partition coefficient (Wildman–Crippen LogP) is 2.01. The number of nitrogens with zero attached hydrogens (tertiary/aromatic N) is 1. The summed E-state index contributed by atoms with van der Waals surface area (Å²) >= 11 is 0. The smallest absolute Gasteiger partial charge is 0.262 e. The van der Waals surface area contributed by atoms with Crippen LogP contribution in [0.3, 0.4) is 0 Å². The van der Waals surface area contributed by atoms with Gasteiger partial charge in [-0.05, 0) is 35.9 Å². The van der Waals surface area contributed by atoms with E-state index < -0.39 is 10.0 Å². The molecule has 1 aliphatic rings. The van der Waals surface area contributed by atoms with E-state index in [1.165, 1.54) is 19.2 Å². The number of fused-ring (bicyclic) bond motifs is 1. The number of hydrogen-bond acceptors (Lipinski definition) is 4. The molecule has 0 saturated heterocycles. The lowest BCUT2D eigenvalue weighted by atomic mass is 10.1. The SMILES string of the molecule is COc1cccc(S(=O)(=O)Nc2ccc3c(c2)CC(=O)N3C)c1. The number of methoxy groups -OCH3 is 1. The first kappa shape index (κ1) is 15.4. The molecular formula is C16H16N2O4S. The highest BCUT2D eigenvalue weighted by atomic mass is 32.2. The molecule has 0 atom stereocenters. The molecule has 0 fully saturated rings. The van der Waals surface area contributed by atoms with Crippen molar-refractivity contribution in [1.29, 1.82) is 0 Å². The van der Waals surface area contributed by atoms with Crippen molar-refractivity contribution in [2.75, 3.05) is 23.8 Å². The Morgan fingerprint density at radius 3 is 2.70 bits per heavy atom. The highest BCUT2D eigenvalue weighted by molar-refractivity contribution is 7.92. The molecule has 0 spiro atoms. The lowest BCUT2D eigenvalue weighted by Gasteiger charge is -2.12. The number of amides is 1. The van der Waals surface area contributed by atoms with E-state index in [1.807, 2.05) is 0 Å². The molecule has 1 N–H and O–H groups in total. The van der Waals surface area contributed by atoms with Crippen molar-refractivity contribution in [3.05, 3.63) is 48.0 Å². The van der Waals surface area contributed by atoms with Crippen LogP contribution in [0.25, 0.3) is 0 Å². The van der Waals surface area contributed by atoms with E-state index in [1.54, 1.807) is 42.3 Å². The van der Waals surface area contributed by atoms with Gasteiger partial charge in [0.25, 0.3) is 10.0 Å². The van der Waals surface area contributed by atoms with E-state index in [0.29, 0.717) is 11.4 Å². The van der Waals surface area contributed by atoms with Crippen LogP contribution in [0.5, 0.6) is 5.75 Å². The Bertz CT molecular complexity index is 877. The van der Waals surface area contributed by atoms with Gasteiger partial charge in [-0.2, -0.15) is 0 Å². The Labute approximate surface area is 134 Å². The molecule has 1 amide bonds. The Morgan fingerprint density at radius 2 is 1.96 bits per heavy atom. The van der Waals surface area contributed by atoms with Gasteiger partial charge in [-0.3, -0.25) is 9.52 Å². The largest absolute Gasteiger partial charge is 0.497 e. The summed E-state index contributed by atoms with van der Waals surface area (Å²) in [6.45, 7) is 0. The van der Waals surface area contributed by atoms with Crippen molar-refractivity contribution < 1.29 is 17.9 Å². The maximum atomic E-state index is 12.5. The first-order valence-electron chi connectivity index (χ1n) is 6.97. The zero-order chi connectivity index (χ0) is 16.6. The lowest BCUT2D eigenvalue weighted by Crippen LogP contribution is -2.20. The van der Waals surface area contributed by atoms with E-state index in [-0.39, 0.29) is 17.2 Å². The Balaban J connectivity index is 1.90. The molecule has 120 valence electrons. The van der Waals surface area contributed by atoms with Crippen LogP contribution in [-0.2, 0) is 21.2 Å². The van der Waals surface area contributed by atoms with Crippen LogP contribution in [0, 0.1) is 0 Å². The normalized spacial score (nSPS) is 13.8. The van der Waals surface area contributed by atoms with Gasteiger partial charge in [0, 0.05) is 24.5 Å². The second kappa shape index (κ2) is 5.58. The molecule has 3 rings (SSSR count). The number of carbonyl (C=O) groups excluding carboxylic acids is 1. The minimum Gasteiger partial charge on any atom is -0.497 e. The van der Waals surface area contributed by atoms with Crippen LogP contribution in [0.4, 0.5) is 11.4 Å². The van der Waals surface area contributed by atoms with Crippen molar-refractivity contribution in [3.63, 3.8) is 0 Å². The summed E-state index contributed by atoms with van der Waals surface area (Å²) in [6, 6.07) is 11.3. The molecule has 1 aliphatic heterocycles. The molecule has 23 heavy (non-hydrogen) atoms. The molecule has 2 aromatic carbocycles. The third-order valence-electron chi connectivity index (χ3n) is 3.76. The monoisotopic (exact) mass is 332 g/mol. The number of rotatable bonds is 4. The lowest BCUT2D eigenvalue weighted by molar-refractivity contribution is -0.117. The first-order chi connectivity index (χ1) is 10.9. The van der Waals surface area contributed by atoms with E-state index in [9.17, 15) is 13.2 Å². The second-order valence-electron chi connectivity index (χ2n) is 5.26. The third kappa shape index (κ3) is 2.87. The van der Waals surface area contributed by atoms with Gasteiger partial charge in [-0.15, -0.1) is 0 Å². The molecule has 0 unspecified atom stereocenters. The van der Waals surface area contributed by atoms with Crippen molar-refractivity contribution in [1.82, 2.24) is 0 Å². The van der Waals surface area contributed by atoms with Crippen LogP contribution >= 0.6 is 0 Å². The number of nitrogens with one attached hydrogen (secondary N) is 1. The highest BCUT2D eigenvalue weighted by Gasteiger charge is 2.24. The minimum absolute atomic E-state index is 0.00666. The number of hydrogen-bond donors (Lipinski definition) is 1. The van der Waals surface area contributed by atoms with Gasteiger partial charge in [-0.25, -0.2) is 8.42 Å². The van der Waals surface area contributed by atoms with Crippen molar-refractivity contribution in [3.8, 4) is 5.75 Å². The Morgan fingerprint density at radius 1 is 1.17 bits per heavy atom. The zero-order valence-corrected chi connectivity index (χ0v) is 13.6. The van der Waals surface area contributed by atoms with Crippen LogP contribution in [-0.4, -0.2) is 28.5 Å². The average molecular weight is 332 g/mol. The van der Waals surface area contributed by atoms with E-state index in [2.05, 4.69) is 4.72 Å². The maximum Gasteiger partial charge on any atom is 0.262 e. The van der Waals surface area contributed by atoms with Gasteiger partial charge in [0.15, 0.2) is 0 Å². The fraction of sp³-hybridized carbons (Fsp3) is 0.188.